The normalized spacial score (nSPS) is 23.1. The number of nitrogens with zero attached hydrogens (tertiary/aromatic N) is 2. The third kappa shape index (κ3) is 3.05. The molecule has 0 saturated heterocycles. The van der Waals surface area contributed by atoms with Crippen molar-refractivity contribution in [2.24, 2.45) is 0 Å². The number of hydrogen-bond acceptors (Lipinski definition) is 2. The third-order valence-electron chi connectivity index (χ3n) is 6.66. The van der Waals surface area contributed by atoms with Gasteiger partial charge in [-0.15, -0.1) is 0 Å². The fraction of sp³-hybridized carbons (Fsp3) is 0.375. The highest BCUT2D eigenvalue weighted by Crippen LogP contribution is 2.39. The largest absolute Gasteiger partial charge is 0.361 e. The van der Waals surface area contributed by atoms with Gasteiger partial charge in [-0.1, -0.05) is 24.3 Å². The fourth-order valence-corrected chi connectivity index (χ4v) is 5.13. The van der Waals surface area contributed by atoms with E-state index in [-0.39, 0.29) is 0 Å². The van der Waals surface area contributed by atoms with Crippen molar-refractivity contribution in [2.45, 2.75) is 50.6 Å². The second kappa shape index (κ2) is 6.87. The zero-order valence-electron chi connectivity index (χ0n) is 15.6. The molecule has 0 radical (unpaired) electrons. The van der Waals surface area contributed by atoms with Crippen molar-refractivity contribution < 1.29 is 0 Å². The molecule has 0 spiro atoms. The van der Waals surface area contributed by atoms with Gasteiger partial charge in [0.15, 0.2) is 0 Å². The van der Waals surface area contributed by atoms with Crippen LogP contribution in [0.25, 0.3) is 10.9 Å². The van der Waals surface area contributed by atoms with Gasteiger partial charge < -0.3 is 4.98 Å². The molecule has 1 N–H and O–H groups in total. The van der Waals surface area contributed by atoms with Gasteiger partial charge in [0.1, 0.15) is 0 Å². The Morgan fingerprint density at radius 2 is 1.81 bits per heavy atom. The Morgan fingerprint density at radius 3 is 2.63 bits per heavy atom. The molecule has 3 aromatic rings. The summed E-state index contributed by atoms with van der Waals surface area (Å²) in [5.41, 5.74) is 6.37. The van der Waals surface area contributed by atoms with E-state index in [4.69, 9.17) is 0 Å². The van der Waals surface area contributed by atoms with Crippen molar-refractivity contribution in [3.05, 3.63) is 70.9 Å². The van der Waals surface area contributed by atoms with Gasteiger partial charge in [-0.05, 0) is 72.9 Å². The lowest BCUT2D eigenvalue weighted by atomic mass is 9.80. The molecule has 0 unspecified atom stereocenters. The second-order valence-electron chi connectivity index (χ2n) is 8.11. The van der Waals surface area contributed by atoms with E-state index in [9.17, 15) is 5.26 Å². The number of nitriles is 1. The van der Waals surface area contributed by atoms with Crippen LogP contribution >= 0.6 is 0 Å². The van der Waals surface area contributed by atoms with Crippen LogP contribution < -0.4 is 0 Å². The van der Waals surface area contributed by atoms with E-state index in [1.54, 1.807) is 0 Å². The summed E-state index contributed by atoms with van der Waals surface area (Å²) in [5, 5.41) is 10.5. The maximum absolute atomic E-state index is 9.22. The zero-order valence-corrected chi connectivity index (χ0v) is 15.6. The minimum atomic E-state index is 0.612. The number of aromatic amines is 1. The quantitative estimate of drug-likeness (QED) is 0.693. The van der Waals surface area contributed by atoms with Crippen LogP contribution in [0.2, 0.25) is 0 Å². The average Bonchev–Trinajstić information content (AvgIpc) is 3.16. The Balaban J connectivity index is 1.29. The Bertz CT molecular complexity index is 1000. The highest BCUT2D eigenvalue weighted by atomic mass is 15.2. The minimum absolute atomic E-state index is 0.612. The summed E-state index contributed by atoms with van der Waals surface area (Å²) in [4.78, 5) is 6.11. The van der Waals surface area contributed by atoms with Gasteiger partial charge in [-0.2, -0.15) is 5.26 Å². The lowest BCUT2D eigenvalue weighted by Crippen LogP contribution is -2.41. The second-order valence-corrected chi connectivity index (χ2v) is 8.11. The van der Waals surface area contributed by atoms with Crippen molar-refractivity contribution >= 4 is 10.9 Å². The number of hydrogen-bond donors (Lipinski definition) is 1. The highest BCUT2D eigenvalue weighted by molar-refractivity contribution is 5.85. The Morgan fingerprint density at radius 1 is 1.00 bits per heavy atom. The molecular formula is C24H25N3. The summed E-state index contributed by atoms with van der Waals surface area (Å²) in [6, 6.07) is 17.9. The highest BCUT2D eigenvalue weighted by Gasteiger charge is 2.29. The Hall–Kier alpha value is -2.57. The first-order valence-corrected chi connectivity index (χ1v) is 10.1. The maximum Gasteiger partial charge on any atom is 0.0991 e. The number of H-pyrrole nitrogens is 1. The van der Waals surface area contributed by atoms with Crippen LogP contribution in [0.5, 0.6) is 0 Å². The lowest BCUT2D eigenvalue weighted by molar-refractivity contribution is 0.135. The minimum Gasteiger partial charge on any atom is -0.361 e. The van der Waals surface area contributed by atoms with Crippen molar-refractivity contribution in [1.82, 2.24) is 9.88 Å². The van der Waals surface area contributed by atoms with Gasteiger partial charge in [0.25, 0.3) is 0 Å². The molecule has 2 aliphatic rings. The van der Waals surface area contributed by atoms with Crippen LogP contribution in [-0.2, 0) is 13.0 Å². The summed E-state index contributed by atoms with van der Waals surface area (Å²) >= 11 is 0. The van der Waals surface area contributed by atoms with E-state index in [0.29, 0.717) is 5.92 Å². The van der Waals surface area contributed by atoms with E-state index >= 15 is 0 Å². The molecule has 2 heterocycles. The van der Waals surface area contributed by atoms with E-state index < -0.39 is 0 Å². The standard InChI is InChI=1S/C24H25N3/c25-14-17-5-10-24-22(13-17)23(15-26-24)19-6-8-21(9-7-19)27-12-11-18-3-1-2-4-20(18)16-27/h1-5,10,13,15,19,21,26H,6-9,11-12,16H2. The number of nitrogens with one attached hydrogen (secondary N) is 1. The van der Waals surface area contributed by atoms with Crippen LogP contribution in [0.15, 0.2) is 48.7 Å². The van der Waals surface area contributed by atoms with Gasteiger partial charge in [0.05, 0.1) is 11.6 Å². The third-order valence-corrected chi connectivity index (χ3v) is 6.66. The summed E-state index contributed by atoms with van der Waals surface area (Å²) < 4.78 is 0. The molecule has 3 heteroatoms. The number of benzene rings is 2. The van der Waals surface area contributed by atoms with E-state index in [1.807, 2.05) is 12.1 Å². The molecule has 1 aromatic heterocycles. The summed E-state index contributed by atoms with van der Waals surface area (Å²) in [6.45, 7) is 2.31. The summed E-state index contributed by atoms with van der Waals surface area (Å²) in [5.74, 6) is 0.612. The van der Waals surface area contributed by atoms with Gasteiger partial charge in [0.2, 0.25) is 0 Å². The van der Waals surface area contributed by atoms with Crippen molar-refractivity contribution in [1.29, 1.82) is 5.26 Å². The van der Waals surface area contributed by atoms with Gasteiger partial charge in [-0.25, -0.2) is 0 Å². The average molecular weight is 355 g/mol. The molecule has 1 saturated carbocycles. The molecule has 5 rings (SSSR count). The molecule has 0 atom stereocenters. The topological polar surface area (TPSA) is 42.8 Å². The number of fused-ring (bicyclic) bond motifs is 2. The Labute approximate surface area is 160 Å². The number of aromatic nitrogens is 1. The van der Waals surface area contributed by atoms with E-state index in [2.05, 4.69) is 52.5 Å². The molecule has 3 nitrogen and oxygen atoms in total. The van der Waals surface area contributed by atoms with Crippen LogP contribution in [0.1, 0.15) is 53.9 Å². The van der Waals surface area contributed by atoms with Crippen LogP contribution in [0, 0.1) is 11.3 Å². The predicted octanol–water partition coefficient (Wildman–Crippen LogP) is 5.12. The SMILES string of the molecule is N#Cc1ccc2[nH]cc(C3CCC(N4CCc5ccccc5C4)CC3)c2c1. The predicted molar refractivity (Wildman–Crippen MR) is 109 cm³/mol. The lowest BCUT2D eigenvalue weighted by Gasteiger charge is -2.39. The van der Waals surface area contributed by atoms with Gasteiger partial charge in [0, 0.05) is 36.2 Å². The van der Waals surface area contributed by atoms with Crippen molar-refractivity contribution in [3.63, 3.8) is 0 Å². The fourth-order valence-electron chi connectivity index (χ4n) is 5.13. The number of rotatable bonds is 2. The molecule has 1 aliphatic carbocycles. The maximum atomic E-state index is 9.22. The summed E-state index contributed by atoms with van der Waals surface area (Å²) in [7, 11) is 0. The molecule has 1 fully saturated rings. The first-order chi connectivity index (χ1) is 13.3. The first-order valence-electron chi connectivity index (χ1n) is 10.1. The van der Waals surface area contributed by atoms with Crippen LogP contribution in [-0.4, -0.2) is 22.5 Å². The zero-order chi connectivity index (χ0) is 18.2. The van der Waals surface area contributed by atoms with Crippen molar-refractivity contribution in [2.75, 3.05) is 6.54 Å². The van der Waals surface area contributed by atoms with Gasteiger partial charge in [-0.3, -0.25) is 4.90 Å². The molecule has 27 heavy (non-hydrogen) atoms. The summed E-state index contributed by atoms with van der Waals surface area (Å²) in [6.07, 6.45) is 8.40. The molecule has 1 aliphatic heterocycles. The van der Waals surface area contributed by atoms with Crippen molar-refractivity contribution in [3.8, 4) is 6.07 Å². The molecule has 2 aromatic carbocycles. The Kier molecular flexibility index (Phi) is 4.22. The molecular weight excluding hydrogens is 330 g/mol. The smallest absolute Gasteiger partial charge is 0.0991 e. The molecule has 136 valence electrons. The van der Waals surface area contributed by atoms with Crippen LogP contribution in [0.3, 0.4) is 0 Å². The van der Waals surface area contributed by atoms with Crippen LogP contribution in [0.4, 0.5) is 0 Å². The van der Waals surface area contributed by atoms with Gasteiger partial charge >= 0.3 is 0 Å². The first kappa shape index (κ1) is 16.6. The van der Waals surface area contributed by atoms with E-state index in [0.717, 1.165) is 23.7 Å². The monoisotopic (exact) mass is 355 g/mol. The molecule has 0 bridgehead atoms. The van der Waals surface area contributed by atoms with E-state index in [1.165, 1.54) is 60.7 Å². The molecule has 0 amide bonds.